The minimum atomic E-state index is -0.539. The standard InChI is InChI=1S/C13H10N4O/c14-13(18)12-5-6-17(16-12)10-7-9-3-1-2-4-11(9)15-8-10/h1-8H,(H2,14,18). The van der Waals surface area contributed by atoms with Crippen LogP contribution in [0.25, 0.3) is 16.6 Å². The third-order valence-electron chi connectivity index (χ3n) is 2.68. The molecule has 0 saturated heterocycles. The molecule has 0 aliphatic heterocycles. The van der Waals surface area contributed by atoms with Crippen molar-refractivity contribution in [3.63, 3.8) is 0 Å². The zero-order chi connectivity index (χ0) is 12.5. The van der Waals surface area contributed by atoms with Gasteiger partial charge in [-0.2, -0.15) is 5.10 Å². The number of para-hydroxylation sites is 1. The van der Waals surface area contributed by atoms with Gasteiger partial charge in [0.05, 0.1) is 17.4 Å². The first kappa shape index (κ1) is 10.5. The highest BCUT2D eigenvalue weighted by Gasteiger charge is 2.06. The van der Waals surface area contributed by atoms with Crippen molar-refractivity contribution in [2.75, 3.05) is 0 Å². The first-order valence-corrected chi connectivity index (χ1v) is 5.45. The van der Waals surface area contributed by atoms with E-state index in [9.17, 15) is 4.79 Å². The summed E-state index contributed by atoms with van der Waals surface area (Å²) in [5.41, 5.74) is 7.12. The van der Waals surface area contributed by atoms with Crippen molar-refractivity contribution in [3.05, 3.63) is 54.5 Å². The van der Waals surface area contributed by atoms with Gasteiger partial charge < -0.3 is 5.73 Å². The molecular weight excluding hydrogens is 228 g/mol. The van der Waals surface area contributed by atoms with E-state index in [0.29, 0.717) is 0 Å². The molecule has 5 heteroatoms. The second-order valence-electron chi connectivity index (χ2n) is 3.90. The average molecular weight is 238 g/mol. The number of nitrogens with zero attached hydrogens (tertiary/aromatic N) is 3. The maximum absolute atomic E-state index is 11.0. The number of hydrogen-bond donors (Lipinski definition) is 1. The molecule has 5 nitrogen and oxygen atoms in total. The Morgan fingerprint density at radius 2 is 2.06 bits per heavy atom. The van der Waals surface area contributed by atoms with Crippen molar-refractivity contribution in [3.8, 4) is 5.69 Å². The lowest BCUT2D eigenvalue weighted by molar-refractivity contribution is 0.0995. The number of nitrogens with two attached hydrogens (primary N) is 1. The summed E-state index contributed by atoms with van der Waals surface area (Å²) in [6, 6.07) is 11.3. The highest BCUT2D eigenvalue weighted by Crippen LogP contribution is 2.15. The normalized spacial score (nSPS) is 10.7. The van der Waals surface area contributed by atoms with Crippen LogP contribution in [0.2, 0.25) is 0 Å². The minimum Gasteiger partial charge on any atom is -0.364 e. The fraction of sp³-hybridized carbons (Fsp3) is 0. The molecule has 0 aliphatic rings. The molecule has 2 heterocycles. The van der Waals surface area contributed by atoms with Crippen molar-refractivity contribution in [1.82, 2.24) is 14.8 Å². The summed E-state index contributed by atoms with van der Waals surface area (Å²) in [5.74, 6) is -0.539. The predicted molar refractivity (Wildman–Crippen MR) is 67.4 cm³/mol. The van der Waals surface area contributed by atoms with E-state index in [2.05, 4.69) is 10.1 Å². The van der Waals surface area contributed by atoms with Gasteiger partial charge in [-0.1, -0.05) is 18.2 Å². The lowest BCUT2D eigenvalue weighted by Crippen LogP contribution is -2.12. The van der Waals surface area contributed by atoms with E-state index < -0.39 is 5.91 Å². The fourth-order valence-electron chi connectivity index (χ4n) is 1.78. The number of pyridine rings is 1. The van der Waals surface area contributed by atoms with Crippen LogP contribution in [0.3, 0.4) is 0 Å². The number of benzene rings is 1. The summed E-state index contributed by atoms with van der Waals surface area (Å²) in [6.07, 6.45) is 3.39. The van der Waals surface area contributed by atoms with Crippen molar-refractivity contribution >= 4 is 16.8 Å². The smallest absolute Gasteiger partial charge is 0.269 e. The number of primary amides is 1. The monoisotopic (exact) mass is 238 g/mol. The lowest BCUT2D eigenvalue weighted by Gasteiger charge is -2.02. The van der Waals surface area contributed by atoms with Crippen LogP contribution in [0.15, 0.2) is 48.8 Å². The zero-order valence-electron chi connectivity index (χ0n) is 9.45. The van der Waals surface area contributed by atoms with Crippen molar-refractivity contribution in [1.29, 1.82) is 0 Å². The van der Waals surface area contributed by atoms with Gasteiger partial charge in [0.25, 0.3) is 5.91 Å². The maximum Gasteiger partial charge on any atom is 0.269 e. The third kappa shape index (κ3) is 1.71. The molecule has 18 heavy (non-hydrogen) atoms. The van der Waals surface area contributed by atoms with Crippen molar-refractivity contribution in [2.24, 2.45) is 5.73 Å². The Morgan fingerprint density at radius 3 is 2.83 bits per heavy atom. The largest absolute Gasteiger partial charge is 0.364 e. The Kier molecular flexibility index (Phi) is 2.30. The van der Waals surface area contributed by atoms with Gasteiger partial charge in [-0.05, 0) is 18.2 Å². The van der Waals surface area contributed by atoms with E-state index in [4.69, 9.17) is 5.73 Å². The van der Waals surface area contributed by atoms with Crippen LogP contribution in [0.1, 0.15) is 10.5 Å². The van der Waals surface area contributed by atoms with Gasteiger partial charge >= 0.3 is 0 Å². The summed E-state index contributed by atoms with van der Waals surface area (Å²) >= 11 is 0. The molecule has 0 unspecified atom stereocenters. The van der Waals surface area contributed by atoms with Crippen LogP contribution in [-0.4, -0.2) is 20.7 Å². The fourth-order valence-corrected chi connectivity index (χ4v) is 1.78. The SMILES string of the molecule is NC(=O)c1ccn(-c2cnc3ccccc3c2)n1. The first-order valence-electron chi connectivity index (χ1n) is 5.45. The van der Waals surface area contributed by atoms with E-state index >= 15 is 0 Å². The minimum absolute atomic E-state index is 0.239. The van der Waals surface area contributed by atoms with Crippen molar-refractivity contribution in [2.45, 2.75) is 0 Å². The van der Waals surface area contributed by atoms with Crippen LogP contribution in [0, 0.1) is 0 Å². The van der Waals surface area contributed by atoms with Gasteiger partial charge in [0.15, 0.2) is 0 Å². The molecule has 0 aliphatic carbocycles. The molecule has 0 bridgehead atoms. The van der Waals surface area contributed by atoms with E-state index in [1.54, 1.807) is 23.1 Å². The van der Waals surface area contributed by atoms with Crippen LogP contribution in [-0.2, 0) is 0 Å². The van der Waals surface area contributed by atoms with Crippen LogP contribution >= 0.6 is 0 Å². The molecule has 0 atom stereocenters. The van der Waals surface area contributed by atoms with Gasteiger partial charge in [-0.3, -0.25) is 9.78 Å². The molecule has 0 saturated carbocycles. The van der Waals surface area contributed by atoms with Gasteiger partial charge in [0.1, 0.15) is 5.69 Å². The number of fused-ring (bicyclic) bond motifs is 1. The molecule has 88 valence electrons. The molecular formula is C13H10N4O. The Hall–Kier alpha value is -2.69. The van der Waals surface area contributed by atoms with Crippen LogP contribution < -0.4 is 5.73 Å². The molecule has 2 aromatic heterocycles. The van der Waals surface area contributed by atoms with Crippen LogP contribution in [0.4, 0.5) is 0 Å². The molecule has 0 spiro atoms. The Balaban J connectivity index is 2.10. The summed E-state index contributed by atoms with van der Waals surface area (Å²) in [6.45, 7) is 0. The summed E-state index contributed by atoms with van der Waals surface area (Å²) < 4.78 is 1.58. The summed E-state index contributed by atoms with van der Waals surface area (Å²) in [7, 11) is 0. The van der Waals surface area contributed by atoms with Crippen molar-refractivity contribution < 1.29 is 4.79 Å². The third-order valence-corrected chi connectivity index (χ3v) is 2.68. The van der Waals surface area contributed by atoms with E-state index in [-0.39, 0.29) is 5.69 Å². The second-order valence-corrected chi connectivity index (χ2v) is 3.90. The average Bonchev–Trinajstić information content (AvgIpc) is 2.88. The number of carbonyl (C=O) groups is 1. The predicted octanol–water partition coefficient (Wildman–Crippen LogP) is 1.52. The van der Waals surface area contributed by atoms with E-state index in [0.717, 1.165) is 16.6 Å². The zero-order valence-corrected chi connectivity index (χ0v) is 9.45. The molecule has 3 rings (SSSR count). The van der Waals surface area contributed by atoms with E-state index in [1.165, 1.54) is 0 Å². The topological polar surface area (TPSA) is 73.8 Å². The molecule has 3 aromatic rings. The molecule has 0 radical (unpaired) electrons. The summed E-state index contributed by atoms with van der Waals surface area (Å²) in [5, 5.41) is 5.11. The number of carbonyl (C=O) groups excluding carboxylic acids is 1. The Bertz CT molecular complexity index is 732. The van der Waals surface area contributed by atoms with Gasteiger partial charge in [-0.25, -0.2) is 4.68 Å². The molecule has 0 fully saturated rings. The number of rotatable bonds is 2. The summed E-state index contributed by atoms with van der Waals surface area (Å²) in [4.78, 5) is 15.3. The quantitative estimate of drug-likeness (QED) is 0.735. The Morgan fingerprint density at radius 1 is 1.22 bits per heavy atom. The number of hydrogen-bond acceptors (Lipinski definition) is 3. The highest BCUT2D eigenvalue weighted by atomic mass is 16.1. The number of amides is 1. The molecule has 1 amide bonds. The maximum atomic E-state index is 11.0. The van der Waals surface area contributed by atoms with Crippen LogP contribution in [0.5, 0.6) is 0 Å². The number of aromatic nitrogens is 3. The highest BCUT2D eigenvalue weighted by molar-refractivity contribution is 5.90. The van der Waals surface area contributed by atoms with E-state index in [1.807, 2.05) is 30.3 Å². The van der Waals surface area contributed by atoms with Gasteiger partial charge in [0.2, 0.25) is 0 Å². The van der Waals surface area contributed by atoms with Gasteiger partial charge in [-0.15, -0.1) is 0 Å². The first-order chi connectivity index (χ1) is 8.74. The molecule has 2 N–H and O–H groups in total. The Labute approximate surface area is 103 Å². The lowest BCUT2D eigenvalue weighted by atomic mass is 10.2. The second kappa shape index (κ2) is 3.96. The van der Waals surface area contributed by atoms with Gasteiger partial charge in [0, 0.05) is 11.6 Å². The molecule has 1 aromatic carbocycles.